The van der Waals surface area contributed by atoms with Gasteiger partial charge in [-0.15, -0.1) is 0 Å². The molecular formula is C12H23N3O. The third-order valence-corrected chi connectivity index (χ3v) is 3.20. The molecule has 0 saturated carbocycles. The third-order valence-electron chi connectivity index (χ3n) is 3.20. The van der Waals surface area contributed by atoms with Gasteiger partial charge in [-0.05, 0) is 34.1 Å². The Bertz CT molecular complexity index is 272. The number of nitrogens with zero attached hydrogens (tertiary/aromatic N) is 2. The van der Waals surface area contributed by atoms with E-state index in [9.17, 15) is 0 Å². The van der Waals surface area contributed by atoms with E-state index in [1.165, 1.54) is 0 Å². The van der Waals surface area contributed by atoms with Gasteiger partial charge < -0.3 is 10.5 Å². The lowest BCUT2D eigenvalue weighted by atomic mass is 9.94. The number of hydrogen-bond donors (Lipinski definition) is 1. The average Bonchev–Trinajstić information content (AvgIpc) is 2.21. The van der Waals surface area contributed by atoms with Gasteiger partial charge in [0, 0.05) is 18.6 Å². The van der Waals surface area contributed by atoms with Crippen molar-refractivity contribution in [1.82, 2.24) is 4.90 Å². The second-order valence-electron chi connectivity index (χ2n) is 5.27. The largest absolute Gasteiger partial charge is 0.376 e. The maximum Gasteiger partial charge on any atom is 0.102 e. The van der Waals surface area contributed by atoms with Crippen LogP contribution in [0.2, 0.25) is 0 Å². The molecule has 92 valence electrons. The van der Waals surface area contributed by atoms with Crippen LogP contribution >= 0.6 is 0 Å². The molecule has 0 amide bonds. The molecular weight excluding hydrogens is 202 g/mol. The highest BCUT2D eigenvalue weighted by atomic mass is 16.5. The van der Waals surface area contributed by atoms with Crippen LogP contribution in [0.4, 0.5) is 0 Å². The first-order valence-corrected chi connectivity index (χ1v) is 5.93. The van der Waals surface area contributed by atoms with Crippen LogP contribution in [0.1, 0.15) is 34.1 Å². The summed E-state index contributed by atoms with van der Waals surface area (Å²) in [6.45, 7) is 9.85. The summed E-state index contributed by atoms with van der Waals surface area (Å²) in [6, 6.07) is 2.88. The highest BCUT2D eigenvalue weighted by Gasteiger charge is 2.31. The predicted molar refractivity (Wildman–Crippen MR) is 63.9 cm³/mol. The molecule has 0 aromatic rings. The van der Waals surface area contributed by atoms with Gasteiger partial charge in [0.2, 0.25) is 0 Å². The first-order valence-electron chi connectivity index (χ1n) is 5.93. The first-order chi connectivity index (χ1) is 7.35. The van der Waals surface area contributed by atoms with E-state index >= 15 is 0 Å². The van der Waals surface area contributed by atoms with Crippen LogP contribution in [0, 0.1) is 11.3 Å². The van der Waals surface area contributed by atoms with Crippen molar-refractivity contribution in [2.24, 2.45) is 5.73 Å². The van der Waals surface area contributed by atoms with E-state index in [0.29, 0.717) is 18.5 Å². The Morgan fingerprint density at radius 3 is 2.81 bits per heavy atom. The number of rotatable bonds is 3. The van der Waals surface area contributed by atoms with Crippen LogP contribution in [0.15, 0.2) is 0 Å². The molecule has 1 fully saturated rings. The fourth-order valence-corrected chi connectivity index (χ4v) is 2.32. The zero-order chi connectivity index (χ0) is 12.3. The Morgan fingerprint density at radius 1 is 1.62 bits per heavy atom. The van der Waals surface area contributed by atoms with Gasteiger partial charge >= 0.3 is 0 Å². The summed E-state index contributed by atoms with van der Waals surface area (Å²) in [5, 5.41) is 8.94. The van der Waals surface area contributed by atoms with Crippen LogP contribution in [-0.2, 0) is 4.74 Å². The van der Waals surface area contributed by atoms with Crippen LogP contribution < -0.4 is 5.73 Å². The molecule has 1 saturated heterocycles. The first kappa shape index (κ1) is 13.4. The summed E-state index contributed by atoms with van der Waals surface area (Å²) in [7, 11) is 0. The molecule has 2 N–H and O–H groups in total. The molecule has 1 aliphatic rings. The van der Waals surface area contributed by atoms with Crippen molar-refractivity contribution in [2.75, 3.05) is 13.2 Å². The van der Waals surface area contributed by atoms with E-state index in [2.05, 4.69) is 31.7 Å². The molecule has 4 unspecified atom stereocenters. The van der Waals surface area contributed by atoms with Crippen molar-refractivity contribution < 1.29 is 4.74 Å². The predicted octanol–water partition coefficient (Wildman–Crippen LogP) is 1.12. The fraction of sp³-hybridized carbons (Fsp3) is 0.917. The highest BCUT2D eigenvalue weighted by Crippen LogP contribution is 2.20. The smallest absolute Gasteiger partial charge is 0.102 e. The second kappa shape index (κ2) is 5.13. The minimum absolute atomic E-state index is 0.268. The number of nitrogens with two attached hydrogens (primary N) is 1. The van der Waals surface area contributed by atoms with Crippen molar-refractivity contribution in [3.63, 3.8) is 0 Å². The lowest BCUT2D eigenvalue weighted by Gasteiger charge is -2.41. The average molecular weight is 225 g/mol. The van der Waals surface area contributed by atoms with E-state index in [4.69, 9.17) is 15.7 Å². The second-order valence-corrected chi connectivity index (χ2v) is 5.27. The number of hydrogen-bond acceptors (Lipinski definition) is 4. The molecule has 16 heavy (non-hydrogen) atoms. The molecule has 0 aliphatic carbocycles. The summed E-state index contributed by atoms with van der Waals surface area (Å²) in [5.41, 5.74) is 5.15. The van der Waals surface area contributed by atoms with Gasteiger partial charge in [0.05, 0.1) is 18.8 Å². The van der Waals surface area contributed by atoms with Crippen LogP contribution in [0.3, 0.4) is 0 Å². The maximum absolute atomic E-state index is 8.94. The zero-order valence-corrected chi connectivity index (χ0v) is 10.7. The molecule has 1 aliphatic heterocycles. The van der Waals surface area contributed by atoms with E-state index in [0.717, 1.165) is 13.2 Å². The minimum Gasteiger partial charge on any atom is -0.376 e. The molecule has 0 aromatic heterocycles. The van der Waals surface area contributed by atoms with Crippen LogP contribution in [0.5, 0.6) is 0 Å². The summed E-state index contributed by atoms with van der Waals surface area (Å²) in [6.07, 6.45) is 0.963. The molecule has 0 aromatic carbocycles. The molecule has 4 atom stereocenters. The van der Waals surface area contributed by atoms with E-state index < -0.39 is 5.54 Å². The Balaban J connectivity index is 2.59. The topological polar surface area (TPSA) is 62.3 Å². The highest BCUT2D eigenvalue weighted by molar-refractivity contribution is 5.03. The Kier molecular flexibility index (Phi) is 4.31. The fourth-order valence-electron chi connectivity index (χ4n) is 2.32. The molecule has 4 heteroatoms. The van der Waals surface area contributed by atoms with Crippen molar-refractivity contribution in [3.8, 4) is 6.07 Å². The van der Waals surface area contributed by atoms with Crippen LogP contribution in [-0.4, -0.2) is 41.8 Å². The van der Waals surface area contributed by atoms with Crippen molar-refractivity contribution in [1.29, 1.82) is 5.26 Å². The number of nitriles is 1. The number of ether oxygens (including phenoxy) is 1. The molecule has 0 bridgehead atoms. The van der Waals surface area contributed by atoms with Gasteiger partial charge in [0.15, 0.2) is 0 Å². The summed E-state index contributed by atoms with van der Waals surface area (Å²) >= 11 is 0. The van der Waals surface area contributed by atoms with Crippen molar-refractivity contribution in [2.45, 2.75) is 57.8 Å². The van der Waals surface area contributed by atoms with Gasteiger partial charge in [-0.3, -0.25) is 4.90 Å². The SMILES string of the molecule is CC1CN(C(C)CC(C)(N)C#N)C(C)CO1. The maximum atomic E-state index is 8.94. The summed E-state index contributed by atoms with van der Waals surface area (Å²) in [4.78, 5) is 2.39. The van der Waals surface area contributed by atoms with Gasteiger partial charge in [0.1, 0.15) is 5.54 Å². The molecule has 1 rings (SSSR count). The minimum atomic E-state index is -0.735. The standard InChI is InChI=1S/C12H23N3O/c1-9(5-12(4,14)8-13)15-6-11(3)16-7-10(15)2/h9-11H,5-7,14H2,1-4H3. The molecule has 0 spiro atoms. The molecule has 4 nitrogen and oxygen atoms in total. The summed E-state index contributed by atoms with van der Waals surface area (Å²) in [5.74, 6) is 0. The van der Waals surface area contributed by atoms with Crippen molar-refractivity contribution in [3.05, 3.63) is 0 Å². The van der Waals surface area contributed by atoms with Crippen LogP contribution in [0.25, 0.3) is 0 Å². The van der Waals surface area contributed by atoms with Crippen molar-refractivity contribution >= 4 is 0 Å². The summed E-state index contributed by atoms with van der Waals surface area (Å²) < 4.78 is 5.59. The van der Waals surface area contributed by atoms with Gasteiger partial charge in [-0.25, -0.2) is 0 Å². The lowest BCUT2D eigenvalue weighted by Crippen LogP contribution is -2.53. The zero-order valence-electron chi connectivity index (χ0n) is 10.7. The van der Waals surface area contributed by atoms with E-state index in [-0.39, 0.29) is 6.10 Å². The Labute approximate surface area is 98.4 Å². The quantitative estimate of drug-likeness (QED) is 0.781. The van der Waals surface area contributed by atoms with Gasteiger partial charge in [-0.2, -0.15) is 5.26 Å². The van der Waals surface area contributed by atoms with Gasteiger partial charge in [-0.1, -0.05) is 0 Å². The molecule has 1 heterocycles. The van der Waals surface area contributed by atoms with E-state index in [1.807, 2.05) is 0 Å². The Morgan fingerprint density at radius 2 is 2.25 bits per heavy atom. The monoisotopic (exact) mass is 225 g/mol. The lowest BCUT2D eigenvalue weighted by molar-refractivity contribution is -0.0658. The van der Waals surface area contributed by atoms with Gasteiger partial charge in [0.25, 0.3) is 0 Å². The molecule has 0 radical (unpaired) electrons. The Hall–Kier alpha value is -0.630. The normalized spacial score (nSPS) is 32.8. The van der Waals surface area contributed by atoms with E-state index in [1.54, 1.807) is 6.92 Å². The third kappa shape index (κ3) is 3.44. The number of morpholine rings is 1.